The maximum absolute atomic E-state index is 9.73. The highest BCUT2D eigenvalue weighted by atomic mass is 16.5. The number of hydrogen-bond acceptors (Lipinski definition) is 2. The summed E-state index contributed by atoms with van der Waals surface area (Å²) in [6, 6.07) is 29.2. The normalized spacial score (nSPS) is 18.0. The molecule has 0 atom stereocenters. The molecule has 0 spiro atoms. The van der Waals surface area contributed by atoms with E-state index in [1.165, 1.54) is 0 Å². The minimum atomic E-state index is -0.642. The number of para-hydroxylation sites is 3. The number of benzene rings is 7. The van der Waals surface area contributed by atoms with Gasteiger partial charge in [0, 0.05) is 23.0 Å². The van der Waals surface area contributed by atoms with E-state index in [0.29, 0.717) is 45.0 Å². The third-order valence-corrected chi connectivity index (χ3v) is 15.1. The summed E-state index contributed by atoms with van der Waals surface area (Å²) < 4.78 is 106. The molecule has 2 aliphatic rings. The van der Waals surface area contributed by atoms with Gasteiger partial charge in [-0.3, -0.25) is 13.7 Å². The van der Waals surface area contributed by atoms with Crippen molar-refractivity contribution in [2.75, 3.05) is 0 Å². The Balaban J connectivity index is 1.14. The molecule has 0 unspecified atom stereocenters. The Bertz CT molecular complexity index is 4090. The van der Waals surface area contributed by atoms with Crippen molar-refractivity contribution in [3.05, 3.63) is 198 Å². The highest BCUT2D eigenvalue weighted by Crippen LogP contribution is 2.61. The molecular weight excluding hydrogens is 841 g/mol. The molecule has 3 aromatic heterocycles. The van der Waals surface area contributed by atoms with Crippen LogP contribution >= 0.6 is 0 Å². The fraction of sp³-hybridized carbons (Fsp3) is 0.250. The van der Waals surface area contributed by atoms with Crippen LogP contribution in [0.3, 0.4) is 0 Å². The van der Waals surface area contributed by atoms with Crippen molar-refractivity contribution in [1.82, 2.24) is 14.1 Å². The number of nitrogens with zero attached hydrogens (tertiary/aromatic N) is 4. The average molecular weight is 911 g/mol. The van der Waals surface area contributed by atoms with Gasteiger partial charge in [-0.2, -0.15) is 0 Å². The summed E-state index contributed by atoms with van der Waals surface area (Å²) in [6.45, 7) is 17.3. The Labute approximate surface area is 420 Å². The number of ether oxygens (including phenoxy) is 1. The molecule has 0 amide bonds. The highest BCUT2D eigenvalue weighted by Gasteiger charge is 2.50. The molecule has 0 aliphatic heterocycles. The first-order chi connectivity index (χ1) is 37.3. The van der Waals surface area contributed by atoms with E-state index in [-0.39, 0.29) is 16.5 Å². The van der Waals surface area contributed by atoms with Crippen molar-refractivity contribution in [3.63, 3.8) is 0 Å². The SMILES string of the molecule is [2H]c1c([2H])c([2H])c(-c2c(-[n+]3[c-]n(-c4cccc(Oc5ccc6c7ccccc7n(-c7cc(C(C)(C)C)ccn7)c6c5)c4)c4ccccc43)c(-c3c([2H])c([2H])c([2H])c([2H])c3[2H])c3c4c2C(C)(C)CCC4(C)CCC3(C)C)c([2H])c1[2H]. The zero-order chi connectivity index (χ0) is 56.2. The van der Waals surface area contributed by atoms with Gasteiger partial charge in [-0.05, 0) is 140 Å². The van der Waals surface area contributed by atoms with Crippen LogP contribution in [0.4, 0.5) is 0 Å². The van der Waals surface area contributed by atoms with Crippen LogP contribution in [-0.2, 0) is 21.7 Å². The predicted octanol–water partition coefficient (Wildman–Crippen LogP) is 16.0. The van der Waals surface area contributed by atoms with E-state index in [4.69, 9.17) is 17.9 Å². The van der Waals surface area contributed by atoms with E-state index < -0.39 is 76.7 Å². The van der Waals surface area contributed by atoms with Gasteiger partial charge in [0.1, 0.15) is 17.3 Å². The average Bonchev–Trinajstić information content (AvgIpc) is 2.61. The van der Waals surface area contributed by atoms with Crippen molar-refractivity contribution >= 4 is 32.8 Å². The Morgan fingerprint density at radius 3 is 1.88 bits per heavy atom. The van der Waals surface area contributed by atoms with E-state index in [1.54, 1.807) is 0 Å². The lowest BCUT2D eigenvalue weighted by Crippen LogP contribution is -2.45. The number of aromatic nitrogens is 4. The fourth-order valence-corrected chi connectivity index (χ4v) is 11.5. The summed E-state index contributed by atoms with van der Waals surface area (Å²) >= 11 is 0. The second-order valence-corrected chi connectivity index (χ2v) is 21.6. The Morgan fingerprint density at radius 2 is 1.22 bits per heavy atom. The van der Waals surface area contributed by atoms with Crippen LogP contribution in [0.2, 0.25) is 0 Å². The molecule has 0 saturated heterocycles. The van der Waals surface area contributed by atoms with Crippen LogP contribution in [0, 0.1) is 6.33 Å². The lowest BCUT2D eigenvalue weighted by molar-refractivity contribution is -0.571. The van der Waals surface area contributed by atoms with Crippen LogP contribution in [0.15, 0.2) is 170 Å². The number of pyridine rings is 1. The van der Waals surface area contributed by atoms with E-state index in [9.17, 15) is 5.48 Å². The van der Waals surface area contributed by atoms with Gasteiger partial charge in [0.15, 0.2) is 0 Å². The molecule has 5 heteroatoms. The number of imidazole rings is 1. The molecule has 3 heterocycles. The first kappa shape index (κ1) is 33.3. The minimum Gasteiger partial charge on any atom is -0.458 e. The van der Waals surface area contributed by atoms with Crippen molar-refractivity contribution in [1.29, 1.82) is 0 Å². The zero-order valence-electron chi connectivity index (χ0n) is 50.4. The molecule has 12 rings (SSSR count). The Kier molecular flexibility index (Phi) is 7.55. The molecule has 5 nitrogen and oxygen atoms in total. The van der Waals surface area contributed by atoms with E-state index in [1.807, 2.05) is 88.1 Å². The summed E-state index contributed by atoms with van der Waals surface area (Å²) in [7, 11) is 0. The molecule has 0 fully saturated rings. The van der Waals surface area contributed by atoms with Crippen molar-refractivity contribution in [2.45, 2.75) is 103 Å². The predicted molar refractivity (Wildman–Crippen MR) is 284 cm³/mol. The smallest absolute Gasteiger partial charge is 0.269 e. The Hall–Kier alpha value is -7.24. The standard InChI is InChI=1S/C64H60N4O/c1-61(2,3)44-32-37-65-54(38-44)68-50-27-16-15-26-48(50)49-31-30-47(40-53(49)68)69-46-25-19-24-45(39-46)66-41-67(52-29-18-17-28-51(52)66)60-55(42-20-11-9-12-21-42)57-59-58(56(60)43-22-13-10-14-23-43)63(6,7)34-36-64(59,8)35-33-62(57,4)5/h9-32,37-40H,33-36H2,1-8H3/i9D,10D,11D,12D,13D,14D,20D,21D,22D,23D. The number of fused-ring (bicyclic) bond motifs is 4. The van der Waals surface area contributed by atoms with Gasteiger partial charge in [0.05, 0.1) is 47.1 Å². The third kappa shape index (κ3) is 6.95. The topological polar surface area (TPSA) is 35.9 Å². The van der Waals surface area contributed by atoms with Crippen LogP contribution in [0.1, 0.15) is 117 Å². The van der Waals surface area contributed by atoms with Gasteiger partial charge in [-0.25, -0.2) is 4.98 Å². The van der Waals surface area contributed by atoms with Crippen LogP contribution in [-0.4, -0.2) is 14.1 Å². The van der Waals surface area contributed by atoms with Crippen molar-refractivity contribution in [2.24, 2.45) is 0 Å². The van der Waals surface area contributed by atoms with Gasteiger partial charge < -0.3 is 4.74 Å². The second kappa shape index (κ2) is 15.6. The Morgan fingerprint density at radius 1 is 0.609 bits per heavy atom. The van der Waals surface area contributed by atoms with Crippen LogP contribution < -0.4 is 9.30 Å². The first-order valence-electron chi connectivity index (χ1n) is 29.0. The van der Waals surface area contributed by atoms with Crippen molar-refractivity contribution in [3.8, 4) is 50.9 Å². The number of hydrogen-bond donors (Lipinski definition) is 0. The van der Waals surface area contributed by atoms with Gasteiger partial charge in [0.25, 0.3) is 6.33 Å². The van der Waals surface area contributed by atoms with Crippen molar-refractivity contribution < 1.29 is 23.0 Å². The summed E-state index contributed by atoms with van der Waals surface area (Å²) in [4.78, 5) is 4.87. The molecule has 2 aliphatic carbocycles. The lowest BCUT2D eigenvalue weighted by atomic mass is 9.51. The van der Waals surface area contributed by atoms with Crippen LogP contribution in [0.5, 0.6) is 11.5 Å². The van der Waals surface area contributed by atoms with Gasteiger partial charge in [0.2, 0.25) is 0 Å². The second-order valence-electron chi connectivity index (χ2n) is 21.6. The molecule has 7 aromatic carbocycles. The quantitative estimate of drug-likeness (QED) is 0.118. The number of rotatable bonds is 7. The largest absolute Gasteiger partial charge is 0.458 e. The molecule has 69 heavy (non-hydrogen) atoms. The monoisotopic (exact) mass is 911 g/mol. The molecule has 10 aromatic rings. The molecule has 0 saturated carbocycles. The summed E-state index contributed by atoms with van der Waals surface area (Å²) in [6.07, 6.45) is 8.55. The molecule has 0 radical (unpaired) electrons. The van der Waals surface area contributed by atoms with E-state index in [2.05, 4.69) is 96.6 Å². The minimum absolute atomic E-state index is 0.0325. The molecule has 0 N–H and O–H groups in total. The maximum atomic E-state index is 9.73. The summed E-state index contributed by atoms with van der Waals surface area (Å²) in [5.74, 6) is 1.93. The fourth-order valence-electron chi connectivity index (χ4n) is 11.5. The van der Waals surface area contributed by atoms with Crippen LogP contribution in [0.25, 0.3) is 72.3 Å². The third-order valence-electron chi connectivity index (χ3n) is 15.1. The molecule has 342 valence electrons. The first-order valence-corrected chi connectivity index (χ1v) is 24.0. The maximum Gasteiger partial charge on any atom is 0.269 e. The van der Waals surface area contributed by atoms with E-state index in [0.717, 1.165) is 75.6 Å². The van der Waals surface area contributed by atoms with E-state index >= 15 is 0 Å². The van der Waals surface area contributed by atoms with Gasteiger partial charge in [-0.15, -0.1) is 0 Å². The molecule has 0 bridgehead atoms. The molecular formula is C64H60N4O. The van der Waals surface area contributed by atoms with Gasteiger partial charge >= 0.3 is 0 Å². The highest BCUT2D eigenvalue weighted by molar-refractivity contribution is 6.09. The van der Waals surface area contributed by atoms with Gasteiger partial charge in [-0.1, -0.05) is 164 Å². The summed E-state index contributed by atoms with van der Waals surface area (Å²) in [5.41, 5.74) is 6.72. The summed E-state index contributed by atoms with van der Waals surface area (Å²) in [5, 5.41) is 2.14. The zero-order valence-corrected chi connectivity index (χ0v) is 40.4. The lowest BCUT2D eigenvalue weighted by Gasteiger charge is -2.53.